The number of hydrogen-bond donors (Lipinski definition) is 4. The van der Waals surface area contributed by atoms with E-state index >= 15 is 0 Å². The summed E-state index contributed by atoms with van der Waals surface area (Å²) in [5.41, 5.74) is 1.55. The number of anilines is 2. The normalized spacial score (nSPS) is 25.3. The summed E-state index contributed by atoms with van der Waals surface area (Å²) in [7, 11) is 1.34. The minimum atomic E-state index is -1.29. The van der Waals surface area contributed by atoms with Crippen molar-refractivity contribution in [2.45, 2.75) is 83.5 Å². The van der Waals surface area contributed by atoms with E-state index in [0.29, 0.717) is 40.6 Å². The number of imide groups is 1. The Balaban J connectivity index is 1.07. The number of hydrogen-bond acceptors (Lipinski definition) is 6. The van der Waals surface area contributed by atoms with Gasteiger partial charge in [-0.15, -0.1) is 0 Å². The molecule has 0 aromatic heterocycles. The molecule has 1 saturated heterocycles. The van der Waals surface area contributed by atoms with Crippen LogP contribution in [0.3, 0.4) is 0 Å². The van der Waals surface area contributed by atoms with E-state index in [4.69, 9.17) is 0 Å². The first kappa shape index (κ1) is 34.9. The van der Waals surface area contributed by atoms with E-state index in [9.17, 15) is 33.9 Å². The number of aliphatic carboxylic acids is 1. The monoisotopic (exact) mass is 686 g/mol. The average molecular weight is 687 g/mol. The van der Waals surface area contributed by atoms with Gasteiger partial charge in [-0.1, -0.05) is 30.3 Å². The first-order chi connectivity index (χ1) is 23.7. The smallest absolute Gasteiger partial charge is 0.328 e. The largest absolute Gasteiger partial charge is 0.481 e. The van der Waals surface area contributed by atoms with Crippen LogP contribution in [0.15, 0.2) is 48.5 Å². The molecule has 13 nitrogen and oxygen atoms in total. The molecule has 1 unspecified atom stereocenters. The number of amides is 7. The maximum absolute atomic E-state index is 13.6. The third-order valence-corrected chi connectivity index (χ3v) is 11.2. The zero-order valence-corrected chi connectivity index (χ0v) is 29.0. The number of likely N-dealkylation sites (N-methyl/N-ethyl adjacent to an activating group) is 1. The predicted molar refractivity (Wildman–Crippen MR) is 185 cm³/mol. The summed E-state index contributed by atoms with van der Waals surface area (Å²) >= 11 is 0. The lowest BCUT2D eigenvalue weighted by Crippen LogP contribution is -2.60. The molecule has 13 heteroatoms. The molecule has 1 atom stereocenters. The highest BCUT2D eigenvalue weighted by Crippen LogP contribution is 2.53. The summed E-state index contributed by atoms with van der Waals surface area (Å²) in [6, 6.07) is 11.8. The fourth-order valence-corrected chi connectivity index (χ4v) is 8.61. The van der Waals surface area contributed by atoms with Gasteiger partial charge in [0.2, 0.25) is 11.8 Å². The van der Waals surface area contributed by atoms with E-state index in [1.807, 2.05) is 25.1 Å². The van der Waals surface area contributed by atoms with Crippen LogP contribution in [0.5, 0.6) is 0 Å². The number of carbonyl (C=O) groups is 6. The molecule has 4 N–H and O–H groups in total. The lowest BCUT2D eigenvalue weighted by Gasteiger charge is -2.54. The summed E-state index contributed by atoms with van der Waals surface area (Å²) in [4.78, 5) is 81.8. The standard InChI is InChI=1S/C37H46N6O7/c1-21-7-5-6-8-28(21)39-35(49)38-27-11-9-22(10-12-27)19-43-36(50)42(34(48)37(43,2)3)20-30(44)41(4)29(18-31(45)46)33(47)40-32-25-14-23-13-24(16-25)17-26(32)15-23/h5-12,23-26,29,32H,13-20H2,1-4H3,(H,40,47)(H,45,46)(H2,38,39,49). The van der Waals surface area contributed by atoms with Gasteiger partial charge in [0.1, 0.15) is 18.1 Å². The molecule has 0 radical (unpaired) electrons. The van der Waals surface area contributed by atoms with Crippen LogP contribution in [0.1, 0.15) is 63.5 Å². The van der Waals surface area contributed by atoms with E-state index in [1.165, 1.54) is 18.4 Å². The molecule has 50 heavy (non-hydrogen) atoms. The van der Waals surface area contributed by atoms with Crippen LogP contribution in [0.2, 0.25) is 0 Å². The van der Waals surface area contributed by atoms with Crippen molar-refractivity contribution in [1.82, 2.24) is 20.0 Å². The lowest BCUT2D eigenvalue weighted by atomic mass is 9.54. The first-order valence-electron chi connectivity index (χ1n) is 17.3. The highest BCUT2D eigenvalue weighted by molar-refractivity contribution is 6.08. The van der Waals surface area contributed by atoms with Crippen molar-refractivity contribution in [2.75, 3.05) is 24.2 Å². The van der Waals surface area contributed by atoms with Crippen LogP contribution in [0.4, 0.5) is 21.0 Å². The number of carbonyl (C=O) groups excluding carboxylic acids is 5. The van der Waals surface area contributed by atoms with Crippen LogP contribution < -0.4 is 16.0 Å². The third-order valence-electron chi connectivity index (χ3n) is 11.2. The number of para-hydroxylation sites is 1. The zero-order valence-electron chi connectivity index (χ0n) is 29.0. The van der Waals surface area contributed by atoms with Crippen molar-refractivity contribution < 1.29 is 33.9 Å². The average Bonchev–Trinajstić information content (AvgIpc) is 3.21. The molecule has 7 amide bonds. The Morgan fingerprint density at radius 3 is 2.14 bits per heavy atom. The summed E-state index contributed by atoms with van der Waals surface area (Å²) in [5, 5.41) is 18.3. The molecule has 2 aromatic carbocycles. The minimum absolute atomic E-state index is 0.0354. The number of nitrogens with one attached hydrogen (secondary N) is 3. The summed E-state index contributed by atoms with van der Waals surface area (Å²) in [6.07, 6.45) is 4.92. The van der Waals surface area contributed by atoms with Crippen LogP contribution >= 0.6 is 0 Å². The topological polar surface area (TPSA) is 168 Å². The van der Waals surface area contributed by atoms with Crippen LogP contribution in [0, 0.1) is 30.6 Å². The lowest BCUT2D eigenvalue weighted by molar-refractivity contribution is -0.148. The second kappa shape index (κ2) is 13.8. The molecule has 266 valence electrons. The zero-order chi connectivity index (χ0) is 35.9. The van der Waals surface area contributed by atoms with Gasteiger partial charge in [-0.3, -0.25) is 24.1 Å². The second-order valence-corrected chi connectivity index (χ2v) is 15.0. The number of benzene rings is 2. The summed E-state index contributed by atoms with van der Waals surface area (Å²) in [6.45, 7) is 4.51. The van der Waals surface area contributed by atoms with Gasteiger partial charge in [-0.05, 0) is 106 Å². The van der Waals surface area contributed by atoms with Crippen molar-refractivity contribution in [3.05, 3.63) is 59.7 Å². The Bertz CT molecular complexity index is 1660. The molecule has 7 rings (SSSR count). The minimum Gasteiger partial charge on any atom is -0.481 e. The van der Waals surface area contributed by atoms with E-state index in [-0.39, 0.29) is 12.6 Å². The fraction of sp³-hybridized carbons (Fsp3) is 0.514. The van der Waals surface area contributed by atoms with Crippen LogP contribution in [0.25, 0.3) is 0 Å². The molecule has 2 aromatic rings. The van der Waals surface area contributed by atoms with Gasteiger partial charge in [-0.2, -0.15) is 0 Å². The Morgan fingerprint density at radius 1 is 0.920 bits per heavy atom. The second-order valence-electron chi connectivity index (χ2n) is 15.0. The highest BCUT2D eigenvalue weighted by atomic mass is 16.4. The summed E-state index contributed by atoms with van der Waals surface area (Å²) in [5.74, 6) is -0.919. The van der Waals surface area contributed by atoms with E-state index in [1.54, 1.807) is 44.2 Å². The molecule has 5 fully saturated rings. The van der Waals surface area contributed by atoms with E-state index < -0.39 is 60.3 Å². The summed E-state index contributed by atoms with van der Waals surface area (Å²) < 4.78 is 0. The molecule has 1 aliphatic heterocycles. The predicted octanol–water partition coefficient (Wildman–Crippen LogP) is 4.42. The van der Waals surface area contributed by atoms with Crippen molar-refractivity contribution in [2.24, 2.45) is 23.7 Å². The quantitative estimate of drug-likeness (QED) is 0.254. The van der Waals surface area contributed by atoms with Crippen LogP contribution in [-0.2, 0) is 25.7 Å². The van der Waals surface area contributed by atoms with Gasteiger partial charge in [0.05, 0.1) is 6.42 Å². The Labute approximate surface area is 291 Å². The van der Waals surface area contributed by atoms with Gasteiger partial charge in [0.25, 0.3) is 5.91 Å². The van der Waals surface area contributed by atoms with Crippen LogP contribution in [-0.4, -0.2) is 86.8 Å². The number of aryl methyl sites for hydroxylation is 1. The van der Waals surface area contributed by atoms with Gasteiger partial charge in [0, 0.05) is 31.0 Å². The van der Waals surface area contributed by atoms with Gasteiger partial charge >= 0.3 is 18.0 Å². The van der Waals surface area contributed by atoms with Crippen molar-refractivity contribution in [1.29, 1.82) is 0 Å². The number of urea groups is 2. The van der Waals surface area contributed by atoms with Gasteiger partial charge in [-0.25, -0.2) is 9.59 Å². The maximum atomic E-state index is 13.6. The number of rotatable bonds is 11. The number of carboxylic acid groups (broad SMARTS) is 1. The van der Waals surface area contributed by atoms with E-state index in [0.717, 1.165) is 41.0 Å². The Hall–Kier alpha value is -4.94. The molecular formula is C37H46N6O7. The van der Waals surface area contributed by atoms with Crippen molar-refractivity contribution in [3.8, 4) is 0 Å². The molecular weight excluding hydrogens is 640 g/mol. The van der Waals surface area contributed by atoms with E-state index in [2.05, 4.69) is 16.0 Å². The Morgan fingerprint density at radius 2 is 1.54 bits per heavy atom. The molecule has 0 spiro atoms. The van der Waals surface area contributed by atoms with Gasteiger partial charge in [0.15, 0.2) is 0 Å². The molecule has 4 aliphatic carbocycles. The third kappa shape index (κ3) is 7.03. The molecule has 1 heterocycles. The SMILES string of the molecule is Cc1ccccc1NC(=O)Nc1ccc(CN2C(=O)N(CC(=O)N(C)C(CC(=O)O)C(=O)NC3C4CC5CC(C4)CC3C5)C(=O)C2(C)C)cc1. The van der Waals surface area contributed by atoms with Crippen molar-refractivity contribution in [3.63, 3.8) is 0 Å². The maximum Gasteiger partial charge on any atom is 0.328 e. The van der Waals surface area contributed by atoms with Gasteiger partial charge < -0.3 is 30.9 Å². The highest BCUT2D eigenvalue weighted by Gasteiger charge is 2.52. The number of carboxylic acids is 1. The fourth-order valence-electron chi connectivity index (χ4n) is 8.61. The Kier molecular flexibility index (Phi) is 9.60. The van der Waals surface area contributed by atoms with Crippen molar-refractivity contribution >= 4 is 47.1 Å². The molecule has 4 saturated carbocycles. The molecule has 5 aliphatic rings. The number of nitrogens with zero attached hydrogens (tertiary/aromatic N) is 3. The molecule has 4 bridgehead atoms. The first-order valence-corrected chi connectivity index (χ1v) is 17.3.